The topological polar surface area (TPSA) is 90.9 Å². The fourth-order valence-corrected chi connectivity index (χ4v) is 2.40. The van der Waals surface area contributed by atoms with E-state index in [-0.39, 0.29) is 13.2 Å². The number of benzene rings is 1. The van der Waals surface area contributed by atoms with Crippen molar-refractivity contribution in [3.05, 3.63) is 27.7 Å². The molecule has 0 heterocycles. The van der Waals surface area contributed by atoms with Gasteiger partial charge in [-0.25, -0.2) is 9.59 Å². The summed E-state index contributed by atoms with van der Waals surface area (Å²) in [5, 5.41) is 2.74. The van der Waals surface area contributed by atoms with E-state index < -0.39 is 30.5 Å². The largest absolute Gasteiger partial charge is 0.483 e. The molecule has 7 nitrogen and oxygen atoms in total. The summed E-state index contributed by atoms with van der Waals surface area (Å²) in [6.07, 6.45) is 0. The minimum atomic E-state index is -1.53. The van der Waals surface area contributed by atoms with E-state index in [2.05, 4.69) is 21.2 Å². The number of hydrogen-bond donors (Lipinski definition) is 1. The zero-order chi connectivity index (χ0) is 18.1. The quantitative estimate of drug-likeness (QED) is 0.509. The van der Waals surface area contributed by atoms with Crippen molar-refractivity contribution in [3.63, 3.8) is 0 Å². The van der Waals surface area contributed by atoms with Gasteiger partial charge in [0.1, 0.15) is 5.75 Å². The van der Waals surface area contributed by atoms with Crippen molar-refractivity contribution in [3.8, 4) is 5.75 Å². The van der Waals surface area contributed by atoms with Gasteiger partial charge in [-0.3, -0.25) is 4.79 Å². The second-order valence-electron chi connectivity index (χ2n) is 4.37. The van der Waals surface area contributed by atoms with Gasteiger partial charge in [-0.1, -0.05) is 11.6 Å². The lowest BCUT2D eigenvalue weighted by atomic mass is 10.3. The minimum Gasteiger partial charge on any atom is -0.483 e. The Hall–Kier alpha value is -1.80. The monoisotopic (exact) mass is 421 g/mol. The first-order valence-electron chi connectivity index (χ1n) is 7.09. The summed E-state index contributed by atoms with van der Waals surface area (Å²) >= 11 is 9.06. The summed E-state index contributed by atoms with van der Waals surface area (Å²) in [5.41, 5.74) is 0. The van der Waals surface area contributed by atoms with E-state index in [1.807, 2.05) is 0 Å². The fourth-order valence-electron chi connectivity index (χ4n) is 1.60. The molecular formula is C15H17BrClNO6. The van der Waals surface area contributed by atoms with Crippen LogP contribution in [0.25, 0.3) is 0 Å². The van der Waals surface area contributed by atoms with E-state index in [4.69, 9.17) is 25.8 Å². The van der Waals surface area contributed by atoms with Crippen molar-refractivity contribution in [2.24, 2.45) is 0 Å². The number of esters is 2. The molecule has 1 rings (SSSR count). The normalized spacial score (nSPS) is 10.2. The van der Waals surface area contributed by atoms with Gasteiger partial charge >= 0.3 is 11.9 Å². The average Bonchev–Trinajstić information content (AvgIpc) is 2.52. The molecule has 0 aliphatic rings. The zero-order valence-corrected chi connectivity index (χ0v) is 15.5. The van der Waals surface area contributed by atoms with Gasteiger partial charge < -0.3 is 19.5 Å². The van der Waals surface area contributed by atoms with Crippen LogP contribution in [-0.2, 0) is 23.9 Å². The number of carbonyl (C=O) groups is 3. The minimum absolute atomic E-state index is 0.0683. The average molecular weight is 423 g/mol. The number of amides is 1. The Balaban J connectivity index is 2.67. The molecule has 0 radical (unpaired) electrons. The van der Waals surface area contributed by atoms with Gasteiger partial charge in [0.15, 0.2) is 6.61 Å². The van der Waals surface area contributed by atoms with Crippen molar-refractivity contribution < 1.29 is 28.6 Å². The predicted molar refractivity (Wildman–Crippen MR) is 89.8 cm³/mol. The molecule has 0 saturated carbocycles. The second-order valence-corrected chi connectivity index (χ2v) is 5.66. The standard InChI is InChI=1S/C15H17BrClNO6/c1-3-22-14(20)13(15(21)23-4-2)18-12(19)8-24-11-6-5-9(17)7-10(11)16/h5-7,13H,3-4,8H2,1-2H3,(H,18,19). The summed E-state index contributed by atoms with van der Waals surface area (Å²) in [6.45, 7) is 2.90. The van der Waals surface area contributed by atoms with E-state index in [1.165, 1.54) is 0 Å². The highest BCUT2D eigenvalue weighted by Crippen LogP contribution is 2.27. The molecule has 1 amide bonds. The fraction of sp³-hybridized carbons (Fsp3) is 0.400. The van der Waals surface area contributed by atoms with Crippen LogP contribution in [-0.4, -0.2) is 43.7 Å². The van der Waals surface area contributed by atoms with Gasteiger partial charge in [0.25, 0.3) is 5.91 Å². The van der Waals surface area contributed by atoms with Gasteiger partial charge in [0.05, 0.1) is 17.7 Å². The maximum Gasteiger partial charge on any atom is 0.340 e. The molecule has 0 unspecified atom stereocenters. The van der Waals surface area contributed by atoms with E-state index in [0.717, 1.165) is 0 Å². The lowest BCUT2D eigenvalue weighted by Crippen LogP contribution is -2.49. The van der Waals surface area contributed by atoms with Crippen LogP contribution in [0.4, 0.5) is 0 Å². The highest BCUT2D eigenvalue weighted by atomic mass is 79.9. The molecule has 0 aliphatic carbocycles. The van der Waals surface area contributed by atoms with E-state index in [0.29, 0.717) is 15.2 Å². The van der Waals surface area contributed by atoms with Crippen molar-refractivity contribution in [1.82, 2.24) is 5.32 Å². The van der Waals surface area contributed by atoms with Crippen LogP contribution >= 0.6 is 27.5 Å². The smallest absolute Gasteiger partial charge is 0.340 e. The molecule has 0 saturated heterocycles. The first-order valence-corrected chi connectivity index (χ1v) is 8.26. The lowest BCUT2D eigenvalue weighted by Gasteiger charge is -2.16. The van der Waals surface area contributed by atoms with Crippen LogP contribution in [0.5, 0.6) is 5.75 Å². The summed E-state index contributed by atoms with van der Waals surface area (Å²) in [7, 11) is 0. The van der Waals surface area contributed by atoms with Crippen LogP contribution < -0.4 is 10.1 Å². The van der Waals surface area contributed by atoms with Gasteiger partial charge in [-0.05, 0) is 48.0 Å². The summed E-state index contributed by atoms with van der Waals surface area (Å²) in [5.74, 6) is -2.07. The Labute approximate surface area is 152 Å². The first kappa shape index (κ1) is 20.2. The highest BCUT2D eigenvalue weighted by molar-refractivity contribution is 9.10. The predicted octanol–water partition coefficient (Wildman–Crippen LogP) is 2.09. The molecule has 1 aromatic carbocycles. The third-order valence-corrected chi connectivity index (χ3v) is 3.46. The molecule has 0 aliphatic heterocycles. The van der Waals surface area contributed by atoms with E-state index in [1.54, 1.807) is 32.0 Å². The molecule has 9 heteroatoms. The molecule has 0 fully saturated rings. The molecule has 0 atom stereocenters. The van der Waals surface area contributed by atoms with Gasteiger partial charge in [-0.15, -0.1) is 0 Å². The van der Waals surface area contributed by atoms with Crippen LogP contribution in [0, 0.1) is 0 Å². The van der Waals surface area contributed by atoms with Crippen molar-refractivity contribution in [1.29, 1.82) is 0 Å². The number of rotatable bonds is 8. The molecule has 1 N–H and O–H groups in total. The Morgan fingerprint density at radius 1 is 1.17 bits per heavy atom. The van der Waals surface area contributed by atoms with E-state index >= 15 is 0 Å². The van der Waals surface area contributed by atoms with Crippen molar-refractivity contribution >= 4 is 45.4 Å². The molecule has 0 bridgehead atoms. The molecular weight excluding hydrogens is 406 g/mol. The number of ether oxygens (including phenoxy) is 3. The SMILES string of the molecule is CCOC(=O)C(NC(=O)COc1ccc(Cl)cc1Br)C(=O)OCC. The zero-order valence-electron chi connectivity index (χ0n) is 13.1. The second kappa shape index (κ2) is 10.1. The molecule has 1 aromatic rings. The highest BCUT2D eigenvalue weighted by Gasteiger charge is 2.31. The number of hydrogen-bond acceptors (Lipinski definition) is 6. The van der Waals surface area contributed by atoms with Crippen molar-refractivity contribution in [2.45, 2.75) is 19.9 Å². The first-order chi connectivity index (χ1) is 11.4. The van der Waals surface area contributed by atoms with Gasteiger partial charge in [0, 0.05) is 5.02 Å². The van der Waals surface area contributed by atoms with Crippen LogP contribution in [0.1, 0.15) is 13.8 Å². The molecule has 132 valence electrons. The Kier molecular flexibility index (Phi) is 8.56. The molecule has 0 aromatic heterocycles. The summed E-state index contributed by atoms with van der Waals surface area (Å²) in [6, 6.07) is 3.25. The summed E-state index contributed by atoms with van der Waals surface area (Å²) < 4.78 is 15.4. The van der Waals surface area contributed by atoms with Gasteiger partial charge in [-0.2, -0.15) is 0 Å². The van der Waals surface area contributed by atoms with Gasteiger partial charge in [0.2, 0.25) is 6.04 Å². The van der Waals surface area contributed by atoms with E-state index in [9.17, 15) is 14.4 Å². The van der Waals surface area contributed by atoms with Crippen LogP contribution in [0.15, 0.2) is 22.7 Å². The number of carbonyl (C=O) groups excluding carboxylic acids is 3. The van der Waals surface area contributed by atoms with Crippen molar-refractivity contribution in [2.75, 3.05) is 19.8 Å². The maximum absolute atomic E-state index is 11.9. The third kappa shape index (κ3) is 6.37. The Bertz CT molecular complexity index is 592. The summed E-state index contributed by atoms with van der Waals surface area (Å²) in [4.78, 5) is 35.4. The Morgan fingerprint density at radius 2 is 1.75 bits per heavy atom. The number of halogens is 2. The number of nitrogens with one attached hydrogen (secondary N) is 1. The maximum atomic E-state index is 11.9. The van der Waals surface area contributed by atoms with Crippen LogP contribution in [0.2, 0.25) is 5.02 Å². The molecule has 0 spiro atoms. The Morgan fingerprint density at radius 3 is 2.25 bits per heavy atom. The third-order valence-electron chi connectivity index (χ3n) is 2.60. The van der Waals surface area contributed by atoms with Crippen LogP contribution in [0.3, 0.4) is 0 Å². The molecule has 24 heavy (non-hydrogen) atoms. The lowest BCUT2D eigenvalue weighted by molar-refractivity contribution is -0.159.